The molecule has 1 atom stereocenters. The number of hydrogen-bond donors (Lipinski definition) is 1. The van der Waals surface area contributed by atoms with Crippen LogP contribution in [0.5, 0.6) is 11.5 Å². The number of benzene rings is 2. The smallest absolute Gasteiger partial charge is 0.262 e. The van der Waals surface area contributed by atoms with Gasteiger partial charge < -0.3 is 24.2 Å². The number of fused-ring (bicyclic) bond motifs is 2. The summed E-state index contributed by atoms with van der Waals surface area (Å²) in [5.41, 5.74) is 1.95. The fraction of sp³-hybridized carbons (Fsp3) is 0.286. The maximum absolute atomic E-state index is 13.8. The van der Waals surface area contributed by atoms with Gasteiger partial charge in [0.1, 0.15) is 29.6 Å². The molecule has 8 nitrogen and oxygen atoms in total. The fourth-order valence-electron chi connectivity index (χ4n) is 3.78. The number of rotatable bonds is 4. The van der Waals surface area contributed by atoms with Gasteiger partial charge in [-0.05, 0) is 30.7 Å². The Morgan fingerprint density at radius 2 is 2.13 bits per heavy atom. The second-order valence-electron chi connectivity index (χ2n) is 7.39. The average Bonchev–Trinajstić information content (AvgIpc) is 3.16. The molecular weight excluding hydrogens is 427 g/mol. The highest BCUT2D eigenvalue weighted by Crippen LogP contribution is 2.41. The number of ether oxygens (including phenoxy) is 2. The van der Waals surface area contributed by atoms with E-state index in [1.165, 1.54) is 12.1 Å². The number of aryl methyl sites for hydroxylation is 1. The zero-order valence-electron chi connectivity index (χ0n) is 16.5. The molecule has 10 heteroatoms. The molecule has 0 saturated heterocycles. The van der Waals surface area contributed by atoms with E-state index in [1.807, 2.05) is 6.07 Å². The summed E-state index contributed by atoms with van der Waals surface area (Å²) < 4.78 is 30.3. The van der Waals surface area contributed by atoms with Crippen LogP contribution in [-0.4, -0.2) is 35.3 Å². The first-order valence-corrected chi connectivity index (χ1v) is 10.1. The molecule has 2 aromatic carbocycles. The van der Waals surface area contributed by atoms with Crippen LogP contribution in [0.3, 0.4) is 0 Å². The highest BCUT2D eigenvalue weighted by Gasteiger charge is 2.31. The zero-order valence-corrected chi connectivity index (χ0v) is 17.3. The molecule has 0 radical (unpaired) electrons. The van der Waals surface area contributed by atoms with E-state index < -0.39 is 0 Å². The van der Waals surface area contributed by atoms with Crippen LogP contribution in [0.15, 0.2) is 34.9 Å². The number of hydrogen-bond acceptors (Lipinski definition) is 7. The summed E-state index contributed by atoms with van der Waals surface area (Å²) in [6.45, 7) is 2.41. The molecule has 31 heavy (non-hydrogen) atoms. The SMILES string of the molecule is Cc1noc(C[C@@H]2COc3cc(F)ccc3N2Cc2ccc3c(c2Cl)NC(=O)CO3)n1. The first-order chi connectivity index (χ1) is 15.0. The van der Waals surface area contributed by atoms with Gasteiger partial charge in [-0.2, -0.15) is 4.98 Å². The van der Waals surface area contributed by atoms with Crippen molar-refractivity contribution in [3.05, 3.63) is 58.5 Å². The Kier molecular flexibility index (Phi) is 4.90. The van der Waals surface area contributed by atoms with Crippen molar-refractivity contribution >= 4 is 28.9 Å². The highest BCUT2D eigenvalue weighted by atomic mass is 35.5. The van der Waals surface area contributed by atoms with Gasteiger partial charge in [0.2, 0.25) is 5.89 Å². The van der Waals surface area contributed by atoms with Crippen molar-refractivity contribution in [1.82, 2.24) is 10.1 Å². The van der Waals surface area contributed by atoms with Crippen LogP contribution in [-0.2, 0) is 17.8 Å². The van der Waals surface area contributed by atoms with Crippen molar-refractivity contribution in [2.45, 2.75) is 25.9 Å². The van der Waals surface area contributed by atoms with Gasteiger partial charge in [0.15, 0.2) is 12.4 Å². The molecule has 0 spiro atoms. The summed E-state index contributed by atoms with van der Waals surface area (Å²) in [7, 11) is 0. The molecule has 2 aliphatic heterocycles. The number of carbonyl (C=O) groups excluding carboxylic acids is 1. The van der Waals surface area contributed by atoms with Crippen LogP contribution in [0.2, 0.25) is 5.02 Å². The topological polar surface area (TPSA) is 89.7 Å². The fourth-order valence-corrected chi connectivity index (χ4v) is 4.05. The van der Waals surface area contributed by atoms with Crippen molar-refractivity contribution in [2.24, 2.45) is 0 Å². The monoisotopic (exact) mass is 444 g/mol. The van der Waals surface area contributed by atoms with Crippen LogP contribution >= 0.6 is 11.6 Å². The number of halogens is 2. The molecule has 1 amide bonds. The predicted molar refractivity (Wildman–Crippen MR) is 110 cm³/mol. The Bertz CT molecular complexity index is 1170. The number of aromatic nitrogens is 2. The second-order valence-corrected chi connectivity index (χ2v) is 7.77. The summed E-state index contributed by atoms with van der Waals surface area (Å²) in [6, 6.07) is 7.89. The molecule has 0 aliphatic carbocycles. The zero-order chi connectivity index (χ0) is 21.5. The van der Waals surface area contributed by atoms with Crippen molar-refractivity contribution in [2.75, 3.05) is 23.4 Å². The average molecular weight is 445 g/mol. The van der Waals surface area contributed by atoms with Gasteiger partial charge in [0, 0.05) is 12.6 Å². The lowest BCUT2D eigenvalue weighted by Crippen LogP contribution is -2.44. The minimum absolute atomic E-state index is 0.0449. The van der Waals surface area contributed by atoms with Gasteiger partial charge in [-0.25, -0.2) is 4.39 Å². The Hall–Kier alpha value is -3.33. The van der Waals surface area contributed by atoms with Gasteiger partial charge in [0.25, 0.3) is 5.91 Å². The number of nitrogens with one attached hydrogen (secondary N) is 1. The summed E-state index contributed by atoms with van der Waals surface area (Å²) in [6.07, 6.45) is 0.445. The van der Waals surface area contributed by atoms with E-state index in [-0.39, 0.29) is 24.4 Å². The minimum atomic E-state index is -0.378. The molecule has 3 aromatic rings. The Morgan fingerprint density at radius 3 is 2.94 bits per heavy atom. The van der Waals surface area contributed by atoms with E-state index in [2.05, 4.69) is 20.4 Å². The summed E-state index contributed by atoms with van der Waals surface area (Å²) in [4.78, 5) is 18.1. The highest BCUT2D eigenvalue weighted by molar-refractivity contribution is 6.35. The van der Waals surface area contributed by atoms with E-state index in [1.54, 1.807) is 19.1 Å². The lowest BCUT2D eigenvalue weighted by Gasteiger charge is -2.38. The summed E-state index contributed by atoms with van der Waals surface area (Å²) in [5.74, 6) is 1.37. The van der Waals surface area contributed by atoms with E-state index >= 15 is 0 Å². The number of anilines is 2. The molecule has 0 unspecified atom stereocenters. The maximum Gasteiger partial charge on any atom is 0.262 e. The number of carbonyl (C=O) groups is 1. The number of nitrogens with zero attached hydrogens (tertiary/aromatic N) is 3. The van der Waals surface area contributed by atoms with Crippen LogP contribution in [0.1, 0.15) is 17.3 Å². The summed E-state index contributed by atoms with van der Waals surface area (Å²) in [5, 5.41) is 7.01. The first-order valence-electron chi connectivity index (χ1n) is 9.70. The minimum Gasteiger partial charge on any atom is -0.489 e. The van der Waals surface area contributed by atoms with Crippen molar-refractivity contribution in [3.8, 4) is 11.5 Å². The molecule has 0 saturated carbocycles. The molecule has 1 aromatic heterocycles. The maximum atomic E-state index is 13.8. The molecule has 1 N–H and O–H groups in total. The standard InChI is InChI=1S/C21H18ClFN4O4/c1-11-24-19(31-26-11)7-14-9-29-17-6-13(23)3-4-15(17)27(14)8-12-2-5-16-21(20(12)22)25-18(28)10-30-16/h2-6,14H,7-10H2,1H3,(H,25,28)/t14-/m1/s1. The molecule has 160 valence electrons. The summed E-state index contributed by atoms with van der Waals surface area (Å²) >= 11 is 6.62. The van der Waals surface area contributed by atoms with Crippen LogP contribution in [0, 0.1) is 12.7 Å². The lowest BCUT2D eigenvalue weighted by molar-refractivity contribution is -0.118. The van der Waals surface area contributed by atoms with E-state index in [9.17, 15) is 9.18 Å². The quantitative estimate of drug-likeness (QED) is 0.658. The van der Waals surface area contributed by atoms with Gasteiger partial charge in [0.05, 0.1) is 23.2 Å². The Labute approximate surface area is 181 Å². The van der Waals surface area contributed by atoms with Gasteiger partial charge in [-0.3, -0.25) is 4.79 Å². The third-order valence-corrected chi connectivity index (χ3v) is 5.66. The Morgan fingerprint density at radius 1 is 1.26 bits per heavy atom. The van der Waals surface area contributed by atoms with Crippen molar-refractivity contribution in [3.63, 3.8) is 0 Å². The van der Waals surface area contributed by atoms with E-state index in [4.69, 9.17) is 25.6 Å². The first kappa shape index (κ1) is 19.6. The van der Waals surface area contributed by atoms with Crippen LogP contribution in [0.25, 0.3) is 0 Å². The molecule has 3 heterocycles. The second kappa shape index (κ2) is 7.73. The third-order valence-electron chi connectivity index (χ3n) is 5.23. The van der Waals surface area contributed by atoms with Crippen molar-refractivity contribution in [1.29, 1.82) is 0 Å². The molecule has 0 bridgehead atoms. The number of amides is 1. The molecule has 2 aliphatic rings. The lowest BCUT2D eigenvalue weighted by atomic mass is 10.1. The van der Waals surface area contributed by atoms with Gasteiger partial charge in [-0.15, -0.1) is 0 Å². The molecular formula is C21H18ClFN4O4. The molecule has 0 fully saturated rings. The molecule has 5 rings (SSSR count). The third kappa shape index (κ3) is 3.76. The Balaban J connectivity index is 1.50. The van der Waals surface area contributed by atoms with E-state index in [0.717, 1.165) is 11.3 Å². The van der Waals surface area contributed by atoms with Crippen LogP contribution < -0.4 is 19.7 Å². The predicted octanol–water partition coefficient (Wildman–Crippen LogP) is 3.51. The van der Waals surface area contributed by atoms with Crippen LogP contribution in [0.4, 0.5) is 15.8 Å². The van der Waals surface area contributed by atoms with E-state index in [0.29, 0.717) is 53.5 Å². The normalized spacial score (nSPS) is 17.3. The largest absolute Gasteiger partial charge is 0.489 e. The van der Waals surface area contributed by atoms with Gasteiger partial charge in [-0.1, -0.05) is 22.8 Å². The van der Waals surface area contributed by atoms with Crippen molar-refractivity contribution < 1.29 is 23.2 Å². The van der Waals surface area contributed by atoms with Gasteiger partial charge >= 0.3 is 0 Å².